The molecule has 7 nitrogen and oxygen atoms in total. The number of furan rings is 1. The van der Waals surface area contributed by atoms with Crippen LogP contribution in [0.15, 0.2) is 33.6 Å². The molecule has 0 aliphatic rings. The Bertz CT molecular complexity index is 914. The number of anilines is 1. The van der Waals surface area contributed by atoms with Crippen LogP contribution in [0.4, 0.5) is 5.69 Å². The largest absolute Gasteiger partial charge is 0.492 e. The quantitative estimate of drug-likeness (QED) is 0.739. The molecule has 1 aromatic heterocycles. The van der Waals surface area contributed by atoms with Gasteiger partial charge in [0.2, 0.25) is 10.0 Å². The molecule has 1 heterocycles. The Morgan fingerprint density at radius 2 is 1.81 bits per heavy atom. The zero-order valence-corrected chi connectivity index (χ0v) is 17.1. The number of hydrogen-bond donors (Lipinski definition) is 1. The van der Waals surface area contributed by atoms with Gasteiger partial charge in [-0.3, -0.25) is 4.79 Å². The molecular formula is C19H26N2O5S. The fraction of sp³-hybridized carbons (Fsp3) is 0.421. The van der Waals surface area contributed by atoms with Crippen LogP contribution in [0.1, 0.15) is 42.6 Å². The van der Waals surface area contributed by atoms with Crippen molar-refractivity contribution in [2.45, 2.75) is 39.5 Å². The lowest BCUT2D eigenvalue weighted by Crippen LogP contribution is -2.30. The summed E-state index contributed by atoms with van der Waals surface area (Å²) in [4.78, 5) is 12.7. The molecule has 1 amide bonds. The Balaban J connectivity index is 2.44. The van der Waals surface area contributed by atoms with E-state index in [0.29, 0.717) is 48.2 Å². The summed E-state index contributed by atoms with van der Waals surface area (Å²) in [6.45, 7) is 9.94. The number of sulfonamides is 1. The number of carbonyl (C=O) groups excluding carboxylic acids is 1. The molecule has 2 aromatic rings. The molecule has 0 saturated carbocycles. The lowest BCUT2D eigenvalue weighted by atomic mass is 10.2. The van der Waals surface area contributed by atoms with Crippen molar-refractivity contribution in [2.24, 2.45) is 0 Å². The van der Waals surface area contributed by atoms with Gasteiger partial charge in [-0.1, -0.05) is 13.8 Å². The van der Waals surface area contributed by atoms with E-state index in [1.807, 2.05) is 6.92 Å². The maximum Gasteiger partial charge on any atom is 0.259 e. The first-order chi connectivity index (χ1) is 12.7. The van der Waals surface area contributed by atoms with Gasteiger partial charge in [-0.15, -0.1) is 0 Å². The molecule has 0 atom stereocenters. The van der Waals surface area contributed by atoms with Gasteiger partial charge in [0.1, 0.15) is 17.3 Å². The molecular weight excluding hydrogens is 368 g/mol. The van der Waals surface area contributed by atoms with Gasteiger partial charge in [0, 0.05) is 13.1 Å². The van der Waals surface area contributed by atoms with Crippen LogP contribution in [0.5, 0.6) is 5.75 Å². The van der Waals surface area contributed by atoms with Crippen molar-refractivity contribution in [2.75, 3.05) is 25.0 Å². The summed E-state index contributed by atoms with van der Waals surface area (Å²) in [6, 6.07) is 6.12. The molecule has 0 bridgehead atoms. The molecule has 0 unspecified atom stereocenters. The Morgan fingerprint density at radius 3 is 2.33 bits per heavy atom. The highest BCUT2D eigenvalue weighted by molar-refractivity contribution is 7.89. The Labute approximate surface area is 160 Å². The van der Waals surface area contributed by atoms with Crippen molar-refractivity contribution in [3.8, 4) is 5.75 Å². The third-order valence-electron chi connectivity index (χ3n) is 4.13. The average molecular weight is 394 g/mol. The highest BCUT2D eigenvalue weighted by Crippen LogP contribution is 2.30. The van der Waals surface area contributed by atoms with E-state index in [2.05, 4.69) is 5.32 Å². The SMILES string of the molecule is CCOc1ccc(S(=O)(=O)N(CC)CC)cc1NC(=O)c1cc(C)oc1C. The number of nitrogens with one attached hydrogen (secondary N) is 1. The van der Waals surface area contributed by atoms with Crippen molar-refractivity contribution in [1.82, 2.24) is 4.31 Å². The van der Waals surface area contributed by atoms with Crippen LogP contribution in [-0.2, 0) is 10.0 Å². The molecule has 1 N–H and O–H groups in total. The highest BCUT2D eigenvalue weighted by Gasteiger charge is 2.24. The van der Waals surface area contributed by atoms with Crippen LogP contribution >= 0.6 is 0 Å². The molecule has 27 heavy (non-hydrogen) atoms. The summed E-state index contributed by atoms with van der Waals surface area (Å²) >= 11 is 0. The summed E-state index contributed by atoms with van der Waals surface area (Å²) in [5.41, 5.74) is 0.695. The third kappa shape index (κ3) is 4.51. The molecule has 0 aliphatic heterocycles. The number of carbonyl (C=O) groups is 1. The number of amides is 1. The minimum atomic E-state index is -3.65. The van der Waals surface area contributed by atoms with Crippen LogP contribution in [-0.4, -0.2) is 38.3 Å². The van der Waals surface area contributed by atoms with E-state index >= 15 is 0 Å². The van der Waals surface area contributed by atoms with Crippen molar-refractivity contribution in [3.05, 3.63) is 41.3 Å². The van der Waals surface area contributed by atoms with Gasteiger partial charge in [0.05, 0.1) is 22.8 Å². The molecule has 1 aromatic carbocycles. The van der Waals surface area contributed by atoms with E-state index < -0.39 is 10.0 Å². The first-order valence-electron chi connectivity index (χ1n) is 8.89. The summed E-state index contributed by atoms with van der Waals surface area (Å²) < 4.78 is 37.9. The molecule has 0 fully saturated rings. The summed E-state index contributed by atoms with van der Waals surface area (Å²) in [5.74, 6) is 1.14. The smallest absolute Gasteiger partial charge is 0.259 e. The number of aryl methyl sites for hydroxylation is 2. The van der Waals surface area contributed by atoms with E-state index in [1.54, 1.807) is 39.8 Å². The minimum absolute atomic E-state index is 0.102. The fourth-order valence-electron chi connectivity index (χ4n) is 2.81. The monoisotopic (exact) mass is 394 g/mol. The molecule has 0 radical (unpaired) electrons. The van der Waals surface area contributed by atoms with Crippen LogP contribution < -0.4 is 10.1 Å². The Hall–Kier alpha value is -2.32. The number of benzene rings is 1. The second kappa shape index (κ2) is 8.58. The van der Waals surface area contributed by atoms with Crippen molar-refractivity contribution in [1.29, 1.82) is 0 Å². The zero-order chi connectivity index (χ0) is 20.2. The first kappa shape index (κ1) is 21.0. The van der Waals surface area contributed by atoms with E-state index in [-0.39, 0.29) is 10.8 Å². The average Bonchev–Trinajstić information content (AvgIpc) is 2.95. The zero-order valence-electron chi connectivity index (χ0n) is 16.3. The second-order valence-corrected chi connectivity index (χ2v) is 7.90. The fourth-order valence-corrected chi connectivity index (χ4v) is 4.29. The predicted molar refractivity (Wildman–Crippen MR) is 104 cm³/mol. The number of rotatable bonds is 8. The minimum Gasteiger partial charge on any atom is -0.492 e. The van der Waals surface area contributed by atoms with Gasteiger partial charge in [0.25, 0.3) is 5.91 Å². The molecule has 0 aliphatic carbocycles. The van der Waals surface area contributed by atoms with Crippen LogP contribution in [0.2, 0.25) is 0 Å². The molecule has 0 spiro atoms. The number of hydrogen-bond acceptors (Lipinski definition) is 5. The number of ether oxygens (including phenoxy) is 1. The van der Waals surface area contributed by atoms with Gasteiger partial charge in [-0.05, 0) is 45.0 Å². The van der Waals surface area contributed by atoms with Crippen LogP contribution in [0.25, 0.3) is 0 Å². The maximum atomic E-state index is 12.8. The van der Waals surface area contributed by atoms with Crippen LogP contribution in [0, 0.1) is 13.8 Å². The van der Waals surface area contributed by atoms with Gasteiger partial charge in [0.15, 0.2) is 0 Å². The van der Waals surface area contributed by atoms with Crippen molar-refractivity contribution >= 4 is 21.6 Å². The normalized spacial score (nSPS) is 11.6. The topological polar surface area (TPSA) is 88.9 Å². The third-order valence-corrected chi connectivity index (χ3v) is 6.17. The number of nitrogens with zero attached hydrogens (tertiary/aromatic N) is 1. The van der Waals surface area contributed by atoms with E-state index in [1.165, 1.54) is 16.4 Å². The standard InChI is InChI=1S/C19H26N2O5S/c1-6-21(7-2)27(23,24)15-9-10-18(25-8-3)17(12-15)20-19(22)16-11-13(4)26-14(16)5/h9-12H,6-8H2,1-5H3,(H,20,22). The lowest BCUT2D eigenvalue weighted by molar-refractivity contribution is 0.102. The van der Waals surface area contributed by atoms with Crippen molar-refractivity contribution in [3.63, 3.8) is 0 Å². The Kier molecular flexibility index (Phi) is 6.67. The second-order valence-electron chi connectivity index (χ2n) is 5.96. The van der Waals surface area contributed by atoms with E-state index in [9.17, 15) is 13.2 Å². The van der Waals surface area contributed by atoms with Gasteiger partial charge >= 0.3 is 0 Å². The highest BCUT2D eigenvalue weighted by atomic mass is 32.2. The van der Waals surface area contributed by atoms with Gasteiger partial charge in [-0.25, -0.2) is 8.42 Å². The summed E-state index contributed by atoms with van der Waals surface area (Å²) in [6.07, 6.45) is 0. The van der Waals surface area contributed by atoms with Crippen molar-refractivity contribution < 1.29 is 22.4 Å². The first-order valence-corrected chi connectivity index (χ1v) is 10.3. The van der Waals surface area contributed by atoms with Gasteiger partial charge < -0.3 is 14.5 Å². The molecule has 8 heteroatoms. The summed E-state index contributed by atoms with van der Waals surface area (Å²) in [5, 5.41) is 2.75. The molecule has 2 rings (SSSR count). The summed E-state index contributed by atoms with van der Waals surface area (Å²) in [7, 11) is -3.65. The van der Waals surface area contributed by atoms with Crippen LogP contribution in [0.3, 0.4) is 0 Å². The van der Waals surface area contributed by atoms with E-state index in [0.717, 1.165) is 0 Å². The molecule has 0 saturated heterocycles. The molecule has 148 valence electrons. The predicted octanol–water partition coefficient (Wildman–Crippen LogP) is 3.58. The van der Waals surface area contributed by atoms with E-state index in [4.69, 9.17) is 9.15 Å². The maximum absolute atomic E-state index is 12.8. The lowest BCUT2D eigenvalue weighted by Gasteiger charge is -2.20. The Morgan fingerprint density at radius 1 is 1.15 bits per heavy atom. The van der Waals surface area contributed by atoms with Gasteiger partial charge in [-0.2, -0.15) is 4.31 Å².